The van der Waals surface area contributed by atoms with Gasteiger partial charge in [-0.15, -0.1) is 5.10 Å². The van der Waals surface area contributed by atoms with Crippen molar-refractivity contribution in [3.63, 3.8) is 0 Å². The van der Waals surface area contributed by atoms with Crippen LogP contribution in [0.4, 0.5) is 10.5 Å². The molecule has 9 nitrogen and oxygen atoms in total. The lowest BCUT2D eigenvalue weighted by atomic mass is 10.0. The van der Waals surface area contributed by atoms with Gasteiger partial charge in [0.05, 0.1) is 25.0 Å². The number of aryl methyl sites for hydroxylation is 3. The number of anilines is 1. The van der Waals surface area contributed by atoms with E-state index in [1.165, 1.54) is 7.11 Å². The van der Waals surface area contributed by atoms with Crippen LogP contribution < -0.4 is 15.4 Å². The molecule has 2 aromatic heterocycles. The lowest BCUT2D eigenvalue weighted by Gasteiger charge is -2.20. The molecule has 2 aromatic rings. The van der Waals surface area contributed by atoms with Gasteiger partial charge in [-0.25, -0.2) is 4.79 Å². The average molecular weight is 348 g/mol. The fraction of sp³-hybridized carbons (Fsp3) is 0.562. The molecule has 0 radical (unpaired) electrons. The lowest BCUT2D eigenvalue weighted by Crippen LogP contribution is -2.39. The number of aromatic nitrogens is 4. The van der Waals surface area contributed by atoms with E-state index >= 15 is 0 Å². The third kappa shape index (κ3) is 3.32. The zero-order valence-electron chi connectivity index (χ0n) is 15.2. The highest BCUT2D eigenvalue weighted by Crippen LogP contribution is 2.33. The van der Waals surface area contributed by atoms with Crippen LogP contribution in [0.1, 0.15) is 29.5 Å². The molecule has 0 spiro atoms. The molecule has 25 heavy (non-hydrogen) atoms. The zero-order valence-corrected chi connectivity index (χ0v) is 15.2. The van der Waals surface area contributed by atoms with Crippen molar-refractivity contribution >= 4 is 11.7 Å². The minimum Gasteiger partial charge on any atom is -0.478 e. The van der Waals surface area contributed by atoms with Gasteiger partial charge in [0.15, 0.2) is 0 Å². The molecule has 2 atom stereocenters. The van der Waals surface area contributed by atoms with Gasteiger partial charge in [0.1, 0.15) is 11.8 Å². The molecule has 1 aliphatic rings. The molecule has 3 rings (SSSR count). The van der Waals surface area contributed by atoms with Crippen LogP contribution in [-0.4, -0.2) is 45.4 Å². The molecule has 0 saturated carbocycles. The molecular formula is C16H24N6O3. The molecule has 1 saturated heterocycles. The molecule has 1 aliphatic heterocycles. The minimum atomic E-state index is -0.314. The highest BCUT2D eigenvalue weighted by molar-refractivity contribution is 5.90. The molecule has 0 bridgehead atoms. The minimum absolute atomic E-state index is 0.121. The summed E-state index contributed by atoms with van der Waals surface area (Å²) in [6.45, 7) is 4.57. The van der Waals surface area contributed by atoms with E-state index in [0.29, 0.717) is 18.2 Å². The maximum atomic E-state index is 12.4. The van der Waals surface area contributed by atoms with E-state index < -0.39 is 0 Å². The topological polar surface area (TPSA) is 95.2 Å². The fourth-order valence-electron chi connectivity index (χ4n) is 3.25. The van der Waals surface area contributed by atoms with E-state index in [1.54, 1.807) is 17.9 Å². The van der Waals surface area contributed by atoms with Gasteiger partial charge in [-0.1, -0.05) is 0 Å². The molecule has 0 unspecified atom stereocenters. The summed E-state index contributed by atoms with van der Waals surface area (Å²) in [6, 6.07) is -0.435. The van der Waals surface area contributed by atoms with Crippen molar-refractivity contribution in [1.82, 2.24) is 24.9 Å². The molecule has 9 heteroatoms. The molecule has 2 N–H and O–H groups in total. The third-order valence-corrected chi connectivity index (χ3v) is 4.49. The Hall–Kier alpha value is -2.55. The number of methoxy groups -OCH3 is 1. The highest BCUT2D eigenvalue weighted by Gasteiger charge is 2.34. The summed E-state index contributed by atoms with van der Waals surface area (Å²) in [7, 11) is 5.19. The molecule has 0 aromatic carbocycles. The van der Waals surface area contributed by atoms with Gasteiger partial charge in [0, 0.05) is 32.0 Å². The van der Waals surface area contributed by atoms with E-state index in [1.807, 2.05) is 25.6 Å². The number of amides is 2. The molecule has 0 aliphatic carbocycles. The standard InChI is InChI=1S/C16H24N6O3/c1-9-13(10(2)22(4)19-9)14-11(6-7-25-14)17-16(23)18-12-8-21(3)20-15(12)24-5/h8,11,14H,6-7H2,1-5H3,(H2,17,18,23)/t11-,14-/m1/s1. The Balaban J connectivity index is 1.72. The summed E-state index contributed by atoms with van der Waals surface area (Å²) in [6.07, 6.45) is 2.24. The molecule has 136 valence electrons. The second kappa shape index (κ2) is 6.75. The summed E-state index contributed by atoms with van der Waals surface area (Å²) in [5, 5.41) is 14.3. The summed E-state index contributed by atoms with van der Waals surface area (Å²) < 4.78 is 14.5. The Bertz CT molecular complexity index is 781. The van der Waals surface area contributed by atoms with Gasteiger partial charge in [-0.2, -0.15) is 5.10 Å². The second-order valence-electron chi connectivity index (χ2n) is 6.22. The van der Waals surface area contributed by atoms with Crippen molar-refractivity contribution in [1.29, 1.82) is 0 Å². The first-order valence-electron chi connectivity index (χ1n) is 8.17. The van der Waals surface area contributed by atoms with Crippen molar-refractivity contribution in [2.24, 2.45) is 14.1 Å². The number of urea groups is 1. The lowest BCUT2D eigenvalue weighted by molar-refractivity contribution is 0.0993. The zero-order chi connectivity index (χ0) is 18.1. The molecule has 2 amide bonds. The Morgan fingerprint density at radius 3 is 2.76 bits per heavy atom. The maximum Gasteiger partial charge on any atom is 0.319 e. The van der Waals surface area contributed by atoms with Crippen LogP contribution in [0, 0.1) is 13.8 Å². The van der Waals surface area contributed by atoms with E-state index in [9.17, 15) is 4.79 Å². The van der Waals surface area contributed by atoms with Crippen molar-refractivity contribution in [3.8, 4) is 5.88 Å². The van der Waals surface area contributed by atoms with Crippen molar-refractivity contribution in [2.75, 3.05) is 19.0 Å². The van der Waals surface area contributed by atoms with Crippen molar-refractivity contribution in [2.45, 2.75) is 32.4 Å². The van der Waals surface area contributed by atoms with Gasteiger partial charge in [0.25, 0.3) is 5.88 Å². The molecule has 3 heterocycles. The average Bonchev–Trinajstić information content (AvgIpc) is 3.19. The molecule has 1 fully saturated rings. The number of ether oxygens (including phenoxy) is 2. The van der Waals surface area contributed by atoms with E-state index in [-0.39, 0.29) is 18.2 Å². The number of carbonyl (C=O) groups is 1. The van der Waals surface area contributed by atoms with Crippen molar-refractivity contribution in [3.05, 3.63) is 23.1 Å². The van der Waals surface area contributed by atoms with Crippen LogP contribution in [0.25, 0.3) is 0 Å². The van der Waals surface area contributed by atoms with Gasteiger partial charge >= 0.3 is 6.03 Å². The summed E-state index contributed by atoms with van der Waals surface area (Å²) in [5.74, 6) is 0.371. The quantitative estimate of drug-likeness (QED) is 0.871. The number of carbonyl (C=O) groups excluding carboxylic acids is 1. The van der Waals surface area contributed by atoms with Gasteiger partial charge in [0.2, 0.25) is 0 Å². The first-order valence-corrected chi connectivity index (χ1v) is 8.17. The predicted molar refractivity (Wildman–Crippen MR) is 91.7 cm³/mol. The van der Waals surface area contributed by atoms with Gasteiger partial charge < -0.3 is 20.1 Å². The van der Waals surface area contributed by atoms with Crippen molar-refractivity contribution < 1.29 is 14.3 Å². The summed E-state index contributed by atoms with van der Waals surface area (Å²) in [5.41, 5.74) is 3.54. The Labute approximate surface area is 146 Å². The van der Waals surface area contributed by atoms with Crippen LogP contribution in [0.15, 0.2) is 6.20 Å². The smallest absolute Gasteiger partial charge is 0.319 e. The number of rotatable bonds is 4. The number of nitrogens with zero attached hydrogens (tertiary/aromatic N) is 4. The van der Waals surface area contributed by atoms with Crippen LogP contribution in [0.2, 0.25) is 0 Å². The summed E-state index contributed by atoms with van der Waals surface area (Å²) in [4.78, 5) is 12.4. The monoisotopic (exact) mass is 348 g/mol. The van der Waals surface area contributed by atoms with Gasteiger partial charge in [-0.3, -0.25) is 9.36 Å². The Morgan fingerprint density at radius 1 is 1.36 bits per heavy atom. The Kier molecular flexibility index (Phi) is 4.67. The SMILES string of the molecule is COc1nn(C)cc1NC(=O)N[C@@H]1CCO[C@H]1c1c(C)nn(C)c1C. The molecular weight excluding hydrogens is 324 g/mol. The third-order valence-electron chi connectivity index (χ3n) is 4.49. The first-order chi connectivity index (χ1) is 11.9. The largest absolute Gasteiger partial charge is 0.478 e. The van der Waals surface area contributed by atoms with E-state index in [4.69, 9.17) is 9.47 Å². The highest BCUT2D eigenvalue weighted by atomic mass is 16.5. The van der Waals surface area contributed by atoms with Crippen LogP contribution >= 0.6 is 0 Å². The predicted octanol–water partition coefficient (Wildman–Crippen LogP) is 1.43. The normalized spacial score (nSPS) is 19.9. The summed E-state index contributed by atoms with van der Waals surface area (Å²) >= 11 is 0. The maximum absolute atomic E-state index is 12.4. The van der Waals surface area contributed by atoms with Crippen LogP contribution in [-0.2, 0) is 18.8 Å². The van der Waals surface area contributed by atoms with Gasteiger partial charge in [-0.05, 0) is 20.3 Å². The van der Waals surface area contributed by atoms with Crippen LogP contribution in [0.3, 0.4) is 0 Å². The number of nitrogens with one attached hydrogen (secondary N) is 2. The first kappa shape index (κ1) is 17.3. The number of hydrogen-bond donors (Lipinski definition) is 2. The van der Waals surface area contributed by atoms with E-state index in [2.05, 4.69) is 20.8 Å². The second-order valence-corrected chi connectivity index (χ2v) is 6.22. The fourth-order valence-corrected chi connectivity index (χ4v) is 3.25. The number of hydrogen-bond acceptors (Lipinski definition) is 5. The Morgan fingerprint density at radius 2 is 2.12 bits per heavy atom. The van der Waals surface area contributed by atoms with E-state index in [0.717, 1.165) is 23.4 Å². The van der Waals surface area contributed by atoms with Crippen LogP contribution in [0.5, 0.6) is 5.88 Å².